The third kappa shape index (κ3) is 2.33. The molecule has 0 saturated heterocycles. The van der Waals surface area contributed by atoms with Gasteiger partial charge in [-0.25, -0.2) is 4.68 Å². The quantitative estimate of drug-likeness (QED) is 0.787. The number of benzene rings is 1. The van der Waals surface area contributed by atoms with Gasteiger partial charge >= 0.3 is 0 Å². The van der Waals surface area contributed by atoms with Crippen LogP contribution in [0.15, 0.2) is 55.1 Å². The molecule has 0 radical (unpaired) electrons. The Morgan fingerprint density at radius 3 is 2.91 bits per heavy atom. The largest absolute Gasteiger partial charge is 0.347 e. The van der Waals surface area contributed by atoms with Crippen molar-refractivity contribution in [2.45, 2.75) is 18.5 Å². The summed E-state index contributed by atoms with van der Waals surface area (Å²) >= 11 is 6.15. The van der Waals surface area contributed by atoms with E-state index in [9.17, 15) is 0 Å². The highest BCUT2D eigenvalue weighted by molar-refractivity contribution is 6.30. The minimum Gasteiger partial charge on any atom is -0.347 e. The molecule has 1 aliphatic rings. The summed E-state index contributed by atoms with van der Waals surface area (Å²) in [7, 11) is 0. The van der Waals surface area contributed by atoms with E-state index in [4.69, 9.17) is 11.6 Å². The van der Waals surface area contributed by atoms with Gasteiger partial charge in [0.25, 0.3) is 0 Å². The van der Waals surface area contributed by atoms with Crippen LogP contribution in [0.5, 0.6) is 0 Å². The van der Waals surface area contributed by atoms with Crippen molar-refractivity contribution in [3.05, 3.63) is 71.3 Å². The molecule has 3 heterocycles. The van der Waals surface area contributed by atoms with Gasteiger partial charge in [0.05, 0.1) is 12.1 Å². The van der Waals surface area contributed by atoms with E-state index >= 15 is 0 Å². The fraction of sp³-hybridized carbons (Fsp3) is 0.188. The molecule has 1 aromatic carbocycles. The molecule has 6 heteroatoms. The van der Waals surface area contributed by atoms with Crippen molar-refractivity contribution >= 4 is 17.5 Å². The standard InChI is InChI=1S/C16H14ClN5/c17-13-5-1-3-11(7-13)15-8-14(12-4-2-6-18-9-12)21-16-19-10-20-22(15)16/h1-7,9-10,14-15H,8H2,(H,19,20,21). The Bertz CT molecular complexity index is 786. The van der Waals surface area contributed by atoms with E-state index in [1.807, 2.05) is 35.1 Å². The summed E-state index contributed by atoms with van der Waals surface area (Å²) in [6.07, 6.45) is 6.11. The maximum absolute atomic E-state index is 6.15. The smallest absolute Gasteiger partial charge is 0.222 e. The first-order valence-electron chi connectivity index (χ1n) is 7.13. The molecule has 0 fully saturated rings. The molecule has 110 valence electrons. The van der Waals surface area contributed by atoms with Gasteiger partial charge in [-0.15, -0.1) is 0 Å². The normalized spacial score (nSPS) is 20.2. The van der Waals surface area contributed by atoms with Gasteiger partial charge in [0.2, 0.25) is 5.95 Å². The van der Waals surface area contributed by atoms with Gasteiger partial charge in [-0.05, 0) is 35.7 Å². The summed E-state index contributed by atoms with van der Waals surface area (Å²) in [4.78, 5) is 8.53. The first kappa shape index (κ1) is 13.3. The number of aromatic nitrogens is 4. The Balaban J connectivity index is 1.75. The molecule has 5 nitrogen and oxygen atoms in total. The molecule has 0 bridgehead atoms. The van der Waals surface area contributed by atoms with Gasteiger partial charge < -0.3 is 5.32 Å². The molecule has 2 atom stereocenters. The summed E-state index contributed by atoms with van der Waals surface area (Å²) in [6, 6.07) is 12.2. The van der Waals surface area contributed by atoms with Gasteiger partial charge in [0, 0.05) is 17.4 Å². The third-order valence-electron chi connectivity index (χ3n) is 3.95. The van der Waals surface area contributed by atoms with Gasteiger partial charge in [0.15, 0.2) is 0 Å². The van der Waals surface area contributed by atoms with Crippen molar-refractivity contribution in [1.82, 2.24) is 19.7 Å². The average Bonchev–Trinajstić information content (AvgIpc) is 3.03. The van der Waals surface area contributed by atoms with Crippen molar-refractivity contribution in [3.8, 4) is 0 Å². The lowest BCUT2D eigenvalue weighted by molar-refractivity contribution is 0.430. The zero-order chi connectivity index (χ0) is 14.9. The minimum absolute atomic E-state index is 0.0997. The second-order valence-electron chi connectivity index (χ2n) is 5.32. The molecule has 22 heavy (non-hydrogen) atoms. The van der Waals surface area contributed by atoms with Crippen LogP contribution >= 0.6 is 11.6 Å². The molecule has 0 saturated carbocycles. The second-order valence-corrected chi connectivity index (χ2v) is 5.75. The predicted molar refractivity (Wildman–Crippen MR) is 84.8 cm³/mol. The van der Waals surface area contributed by atoms with E-state index < -0.39 is 0 Å². The zero-order valence-electron chi connectivity index (χ0n) is 11.7. The highest BCUT2D eigenvalue weighted by Crippen LogP contribution is 2.37. The van der Waals surface area contributed by atoms with Gasteiger partial charge in [-0.1, -0.05) is 29.8 Å². The summed E-state index contributed by atoms with van der Waals surface area (Å²) in [5.41, 5.74) is 2.28. The molecule has 1 N–H and O–H groups in total. The number of rotatable bonds is 2. The molecule has 1 aliphatic heterocycles. The highest BCUT2D eigenvalue weighted by Gasteiger charge is 2.29. The lowest BCUT2D eigenvalue weighted by atomic mass is 9.94. The summed E-state index contributed by atoms with van der Waals surface area (Å²) in [6.45, 7) is 0. The summed E-state index contributed by atoms with van der Waals surface area (Å²) in [5, 5.41) is 8.51. The second kappa shape index (κ2) is 5.42. The first-order chi connectivity index (χ1) is 10.8. The highest BCUT2D eigenvalue weighted by atomic mass is 35.5. The van der Waals surface area contributed by atoms with E-state index in [0.717, 1.165) is 28.5 Å². The van der Waals surface area contributed by atoms with Crippen LogP contribution in [0.1, 0.15) is 29.6 Å². The number of nitrogens with one attached hydrogen (secondary N) is 1. The maximum atomic E-state index is 6.15. The van der Waals surface area contributed by atoms with E-state index in [0.29, 0.717) is 0 Å². The minimum atomic E-state index is 0.0997. The van der Waals surface area contributed by atoms with E-state index in [1.54, 1.807) is 12.5 Å². The van der Waals surface area contributed by atoms with Crippen molar-refractivity contribution in [2.24, 2.45) is 0 Å². The number of fused-ring (bicyclic) bond motifs is 1. The molecule has 0 aliphatic carbocycles. The summed E-state index contributed by atoms with van der Waals surface area (Å²) in [5.74, 6) is 0.769. The number of anilines is 1. The monoisotopic (exact) mass is 311 g/mol. The third-order valence-corrected chi connectivity index (χ3v) is 4.19. The van der Waals surface area contributed by atoms with E-state index in [1.165, 1.54) is 0 Å². The Kier molecular flexibility index (Phi) is 3.27. The lowest BCUT2D eigenvalue weighted by Gasteiger charge is -2.31. The van der Waals surface area contributed by atoms with Crippen LogP contribution in [0.4, 0.5) is 5.95 Å². The van der Waals surface area contributed by atoms with E-state index in [-0.39, 0.29) is 12.1 Å². The Morgan fingerprint density at radius 2 is 2.09 bits per heavy atom. The van der Waals surface area contributed by atoms with Crippen LogP contribution in [0.3, 0.4) is 0 Å². The first-order valence-corrected chi connectivity index (χ1v) is 7.50. The van der Waals surface area contributed by atoms with Crippen LogP contribution in [0.25, 0.3) is 0 Å². The molecular weight excluding hydrogens is 298 g/mol. The maximum Gasteiger partial charge on any atom is 0.222 e. The van der Waals surface area contributed by atoms with Gasteiger partial charge in [-0.3, -0.25) is 4.98 Å². The molecule has 2 unspecified atom stereocenters. The van der Waals surface area contributed by atoms with E-state index in [2.05, 4.69) is 32.5 Å². The van der Waals surface area contributed by atoms with Crippen LogP contribution in [-0.2, 0) is 0 Å². The molecule has 0 amide bonds. The van der Waals surface area contributed by atoms with Crippen molar-refractivity contribution in [2.75, 3.05) is 5.32 Å². The fourth-order valence-corrected chi connectivity index (χ4v) is 3.11. The van der Waals surface area contributed by atoms with Crippen LogP contribution in [0, 0.1) is 0 Å². The Labute approximate surface area is 133 Å². The Morgan fingerprint density at radius 1 is 1.18 bits per heavy atom. The van der Waals surface area contributed by atoms with Crippen LogP contribution in [0.2, 0.25) is 5.02 Å². The number of halogens is 1. The number of pyridine rings is 1. The molecule has 0 spiro atoms. The van der Waals surface area contributed by atoms with Crippen LogP contribution in [-0.4, -0.2) is 19.7 Å². The number of nitrogens with zero attached hydrogens (tertiary/aromatic N) is 4. The van der Waals surface area contributed by atoms with Crippen LogP contribution < -0.4 is 5.32 Å². The fourth-order valence-electron chi connectivity index (χ4n) is 2.91. The van der Waals surface area contributed by atoms with Gasteiger partial charge in [-0.2, -0.15) is 10.1 Å². The summed E-state index contributed by atoms with van der Waals surface area (Å²) < 4.78 is 1.92. The molecular formula is C16H14ClN5. The topological polar surface area (TPSA) is 55.6 Å². The SMILES string of the molecule is Clc1cccc(C2CC(c3cccnc3)Nc3ncnn32)c1. The molecule has 3 aromatic rings. The number of hydrogen-bond donors (Lipinski definition) is 1. The van der Waals surface area contributed by atoms with Crippen molar-refractivity contribution in [1.29, 1.82) is 0 Å². The number of hydrogen-bond acceptors (Lipinski definition) is 4. The molecule has 2 aromatic heterocycles. The molecule has 4 rings (SSSR count). The predicted octanol–water partition coefficient (Wildman–Crippen LogP) is 3.47. The zero-order valence-corrected chi connectivity index (χ0v) is 12.5. The lowest BCUT2D eigenvalue weighted by Crippen LogP contribution is -2.28. The van der Waals surface area contributed by atoms with Crippen molar-refractivity contribution < 1.29 is 0 Å². The average molecular weight is 312 g/mol. The van der Waals surface area contributed by atoms with Crippen molar-refractivity contribution in [3.63, 3.8) is 0 Å². The Hall–Kier alpha value is -2.40. The van der Waals surface area contributed by atoms with Gasteiger partial charge in [0.1, 0.15) is 6.33 Å².